The zero-order chi connectivity index (χ0) is 13.3. The number of hydrogen-bond acceptors (Lipinski definition) is 4. The van der Waals surface area contributed by atoms with Crippen molar-refractivity contribution in [3.63, 3.8) is 0 Å². The molecule has 0 unspecified atom stereocenters. The van der Waals surface area contributed by atoms with Gasteiger partial charge in [-0.15, -0.1) is 0 Å². The lowest BCUT2D eigenvalue weighted by molar-refractivity contribution is 0.767. The van der Waals surface area contributed by atoms with Crippen molar-refractivity contribution in [2.45, 2.75) is 26.7 Å². The second-order valence-corrected chi connectivity index (χ2v) is 5.41. The van der Waals surface area contributed by atoms with Gasteiger partial charge in [0.15, 0.2) is 5.82 Å². The summed E-state index contributed by atoms with van der Waals surface area (Å²) in [6.07, 6.45) is 0. The highest BCUT2D eigenvalue weighted by molar-refractivity contribution is 9.10. The highest BCUT2D eigenvalue weighted by Crippen LogP contribution is 2.24. The summed E-state index contributed by atoms with van der Waals surface area (Å²) in [4.78, 5) is 12.8. The molecule has 2 aromatic rings. The molecule has 1 heterocycles. The first-order valence-corrected chi connectivity index (χ1v) is 6.54. The number of nitrogen functional groups attached to an aromatic ring is 1. The van der Waals surface area contributed by atoms with E-state index in [2.05, 4.69) is 30.9 Å². The third-order valence-corrected chi connectivity index (χ3v) is 3.11. The second-order valence-electron chi connectivity index (χ2n) is 4.49. The first-order chi connectivity index (χ1) is 8.47. The molecule has 0 saturated carbocycles. The molecule has 0 atom stereocenters. The normalized spacial score (nSPS) is 10.9. The molecule has 4 nitrogen and oxygen atoms in total. The summed E-state index contributed by atoms with van der Waals surface area (Å²) in [5, 5.41) is 0. The zero-order valence-corrected chi connectivity index (χ0v) is 12.2. The van der Waals surface area contributed by atoms with E-state index in [0.717, 1.165) is 21.4 Å². The third-order valence-electron chi connectivity index (χ3n) is 2.62. The summed E-state index contributed by atoms with van der Waals surface area (Å²) >= 11 is 3.44. The van der Waals surface area contributed by atoms with Crippen LogP contribution >= 0.6 is 15.9 Å². The molecule has 0 aliphatic carbocycles. The van der Waals surface area contributed by atoms with Gasteiger partial charge in [-0.2, -0.15) is 9.97 Å². The van der Waals surface area contributed by atoms with Gasteiger partial charge in [-0.05, 0) is 30.7 Å². The Labute approximate surface area is 115 Å². The van der Waals surface area contributed by atoms with Gasteiger partial charge in [0.05, 0.1) is 0 Å². The van der Waals surface area contributed by atoms with E-state index in [0.29, 0.717) is 5.82 Å². The van der Waals surface area contributed by atoms with Crippen LogP contribution in [0.5, 0.6) is 0 Å². The molecule has 5 heteroatoms. The van der Waals surface area contributed by atoms with Gasteiger partial charge in [0.2, 0.25) is 5.95 Å². The summed E-state index contributed by atoms with van der Waals surface area (Å²) in [5.41, 5.74) is 7.83. The Morgan fingerprint density at radius 2 is 1.89 bits per heavy atom. The first kappa shape index (κ1) is 13.0. The maximum absolute atomic E-state index is 5.74. The van der Waals surface area contributed by atoms with E-state index in [1.165, 1.54) is 0 Å². The van der Waals surface area contributed by atoms with E-state index < -0.39 is 0 Å². The molecule has 0 aliphatic heterocycles. The maximum Gasteiger partial charge on any atom is 0.223 e. The predicted octanol–water partition coefficient (Wildman–Crippen LogP) is 3.32. The molecule has 0 amide bonds. The SMILES string of the molecule is Cc1cc(Br)ccc1-c1nc(N)nc(C(C)C)n1. The van der Waals surface area contributed by atoms with E-state index in [9.17, 15) is 0 Å². The molecule has 1 aromatic heterocycles. The molecule has 18 heavy (non-hydrogen) atoms. The molecule has 2 rings (SSSR count). The summed E-state index contributed by atoms with van der Waals surface area (Å²) in [5.74, 6) is 1.85. The summed E-state index contributed by atoms with van der Waals surface area (Å²) < 4.78 is 1.04. The monoisotopic (exact) mass is 306 g/mol. The minimum atomic E-state index is 0.227. The average molecular weight is 307 g/mol. The van der Waals surface area contributed by atoms with Crippen LogP contribution in [0.3, 0.4) is 0 Å². The molecule has 0 aliphatic rings. The number of aromatic nitrogens is 3. The van der Waals surface area contributed by atoms with E-state index >= 15 is 0 Å². The Balaban J connectivity index is 2.56. The molecule has 0 fully saturated rings. The largest absolute Gasteiger partial charge is 0.368 e. The highest BCUT2D eigenvalue weighted by Gasteiger charge is 2.11. The van der Waals surface area contributed by atoms with Gasteiger partial charge in [0.25, 0.3) is 0 Å². The van der Waals surface area contributed by atoms with Crippen LogP contribution in [0.15, 0.2) is 22.7 Å². The van der Waals surface area contributed by atoms with Crippen LogP contribution in [0.25, 0.3) is 11.4 Å². The molecule has 2 N–H and O–H groups in total. The van der Waals surface area contributed by atoms with Gasteiger partial charge in [-0.1, -0.05) is 29.8 Å². The van der Waals surface area contributed by atoms with Crippen molar-refractivity contribution in [1.29, 1.82) is 0 Å². The number of nitrogens with two attached hydrogens (primary N) is 1. The molecule has 0 radical (unpaired) electrons. The van der Waals surface area contributed by atoms with Crippen molar-refractivity contribution < 1.29 is 0 Å². The van der Waals surface area contributed by atoms with Crippen LogP contribution in [0.1, 0.15) is 31.2 Å². The molecular weight excluding hydrogens is 292 g/mol. The van der Waals surface area contributed by atoms with Gasteiger partial charge in [-0.25, -0.2) is 4.98 Å². The fourth-order valence-electron chi connectivity index (χ4n) is 1.67. The number of rotatable bonds is 2. The zero-order valence-electron chi connectivity index (χ0n) is 10.6. The van der Waals surface area contributed by atoms with Crippen LogP contribution < -0.4 is 5.73 Å². The lowest BCUT2D eigenvalue weighted by Crippen LogP contribution is -2.06. The Kier molecular flexibility index (Phi) is 3.61. The topological polar surface area (TPSA) is 64.7 Å². The van der Waals surface area contributed by atoms with Crippen LogP contribution in [-0.2, 0) is 0 Å². The van der Waals surface area contributed by atoms with E-state index in [4.69, 9.17) is 5.73 Å². The Morgan fingerprint density at radius 1 is 1.17 bits per heavy atom. The van der Waals surface area contributed by atoms with Crippen molar-refractivity contribution in [1.82, 2.24) is 15.0 Å². The van der Waals surface area contributed by atoms with Crippen LogP contribution in [0.2, 0.25) is 0 Å². The number of hydrogen-bond donors (Lipinski definition) is 1. The number of halogens is 1. The minimum Gasteiger partial charge on any atom is -0.368 e. The standard InChI is InChI=1S/C13H15BrN4/c1-7(2)11-16-12(18-13(15)17-11)10-5-4-9(14)6-8(10)3/h4-7H,1-3H3,(H2,15,16,17,18). The smallest absolute Gasteiger partial charge is 0.223 e. The summed E-state index contributed by atoms with van der Waals surface area (Å²) in [7, 11) is 0. The van der Waals surface area contributed by atoms with Crippen LogP contribution in [0.4, 0.5) is 5.95 Å². The number of nitrogens with zero attached hydrogens (tertiary/aromatic N) is 3. The fourth-order valence-corrected chi connectivity index (χ4v) is 2.14. The van der Waals surface area contributed by atoms with E-state index in [-0.39, 0.29) is 11.9 Å². The van der Waals surface area contributed by atoms with Gasteiger partial charge in [0, 0.05) is 16.0 Å². The van der Waals surface area contributed by atoms with Crippen LogP contribution in [0, 0.1) is 6.92 Å². The summed E-state index contributed by atoms with van der Waals surface area (Å²) in [6, 6.07) is 5.99. The van der Waals surface area contributed by atoms with Gasteiger partial charge >= 0.3 is 0 Å². The van der Waals surface area contributed by atoms with Crippen molar-refractivity contribution in [3.05, 3.63) is 34.1 Å². The third kappa shape index (κ3) is 2.67. The molecule has 0 spiro atoms. The maximum atomic E-state index is 5.74. The minimum absolute atomic E-state index is 0.227. The lowest BCUT2D eigenvalue weighted by atomic mass is 10.1. The molecule has 0 saturated heterocycles. The first-order valence-electron chi connectivity index (χ1n) is 5.75. The Bertz CT molecular complexity index is 581. The van der Waals surface area contributed by atoms with E-state index in [1.807, 2.05) is 39.0 Å². The van der Waals surface area contributed by atoms with Crippen molar-refractivity contribution in [2.24, 2.45) is 0 Å². The van der Waals surface area contributed by atoms with Crippen LogP contribution in [-0.4, -0.2) is 15.0 Å². The Morgan fingerprint density at radius 3 is 2.50 bits per heavy atom. The van der Waals surface area contributed by atoms with Crippen molar-refractivity contribution in [2.75, 3.05) is 5.73 Å². The number of anilines is 1. The fraction of sp³-hybridized carbons (Fsp3) is 0.308. The molecule has 1 aromatic carbocycles. The van der Waals surface area contributed by atoms with E-state index in [1.54, 1.807) is 0 Å². The molecule has 0 bridgehead atoms. The number of aryl methyl sites for hydroxylation is 1. The van der Waals surface area contributed by atoms with Gasteiger partial charge < -0.3 is 5.73 Å². The lowest BCUT2D eigenvalue weighted by Gasteiger charge is -2.09. The quantitative estimate of drug-likeness (QED) is 0.924. The number of benzene rings is 1. The predicted molar refractivity (Wildman–Crippen MR) is 76.2 cm³/mol. The average Bonchev–Trinajstić information content (AvgIpc) is 2.27. The molecule has 94 valence electrons. The molecular formula is C13H15BrN4. The highest BCUT2D eigenvalue weighted by atomic mass is 79.9. The second kappa shape index (κ2) is 5.02. The van der Waals surface area contributed by atoms with Crippen molar-refractivity contribution in [3.8, 4) is 11.4 Å². The summed E-state index contributed by atoms with van der Waals surface area (Å²) in [6.45, 7) is 6.09. The Hall–Kier alpha value is -1.49. The van der Waals surface area contributed by atoms with Gasteiger partial charge in [0.1, 0.15) is 5.82 Å². The van der Waals surface area contributed by atoms with Gasteiger partial charge in [-0.3, -0.25) is 0 Å². The van der Waals surface area contributed by atoms with Crippen molar-refractivity contribution >= 4 is 21.9 Å².